The SMILES string of the molecule is CCCNC(=O)COc1ccc(CC(C)N)cc1Br. The van der Waals surface area contributed by atoms with Crippen molar-refractivity contribution < 1.29 is 9.53 Å². The summed E-state index contributed by atoms with van der Waals surface area (Å²) in [5, 5.41) is 2.76. The van der Waals surface area contributed by atoms with Crippen molar-refractivity contribution >= 4 is 21.8 Å². The molecule has 1 unspecified atom stereocenters. The van der Waals surface area contributed by atoms with Crippen molar-refractivity contribution in [2.75, 3.05) is 13.2 Å². The molecule has 0 aliphatic carbocycles. The molecule has 1 amide bonds. The second-order valence-corrected chi connectivity index (χ2v) is 5.44. The number of hydrogen-bond donors (Lipinski definition) is 2. The summed E-state index contributed by atoms with van der Waals surface area (Å²) in [6.07, 6.45) is 1.73. The van der Waals surface area contributed by atoms with Crippen LogP contribution in [0.25, 0.3) is 0 Å². The van der Waals surface area contributed by atoms with Crippen LogP contribution in [0.2, 0.25) is 0 Å². The molecule has 1 aromatic rings. The third-order valence-corrected chi connectivity index (χ3v) is 3.10. The fraction of sp³-hybridized carbons (Fsp3) is 0.500. The number of nitrogens with one attached hydrogen (secondary N) is 1. The molecule has 0 aromatic heterocycles. The minimum absolute atomic E-state index is 0.0330. The van der Waals surface area contributed by atoms with E-state index in [1.54, 1.807) is 0 Å². The third kappa shape index (κ3) is 6.07. The van der Waals surface area contributed by atoms with Gasteiger partial charge >= 0.3 is 0 Å². The quantitative estimate of drug-likeness (QED) is 0.806. The maximum atomic E-state index is 11.4. The summed E-state index contributed by atoms with van der Waals surface area (Å²) < 4.78 is 6.31. The molecule has 1 atom stereocenters. The maximum Gasteiger partial charge on any atom is 0.257 e. The van der Waals surface area contributed by atoms with Crippen molar-refractivity contribution in [2.45, 2.75) is 32.7 Å². The van der Waals surface area contributed by atoms with Gasteiger partial charge in [-0.05, 0) is 53.4 Å². The number of hydrogen-bond acceptors (Lipinski definition) is 3. The number of carbonyl (C=O) groups excluding carboxylic acids is 1. The average molecular weight is 329 g/mol. The van der Waals surface area contributed by atoms with Gasteiger partial charge < -0.3 is 15.8 Å². The Hall–Kier alpha value is -1.07. The topological polar surface area (TPSA) is 64.3 Å². The number of amides is 1. The van der Waals surface area contributed by atoms with Gasteiger partial charge in [-0.1, -0.05) is 13.0 Å². The van der Waals surface area contributed by atoms with Crippen molar-refractivity contribution in [1.82, 2.24) is 5.32 Å². The van der Waals surface area contributed by atoms with Crippen LogP contribution in [0.1, 0.15) is 25.8 Å². The molecule has 4 nitrogen and oxygen atoms in total. The molecule has 1 rings (SSSR count). The predicted octanol–water partition coefficient (Wildman–Crippen LogP) is 2.24. The van der Waals surface area contributed by atoms with Crippen LogP contribution in [0.4, 0.5) is 0 Å². The normalized spacial score (nSPS) is 12.0. The minimum atomic E-state index is -0.103. The monoisotopic (exact) mass is 328 g/mol. The molecule has 0 radical (unpaired) electrons. The summed E-state index contributed by atoms with van der Waals surface area (Å²) in [5.74, 6) is 0.563. The van der Waals surface area contributed by atoms with E-state index in [4.69, 9.17) is 10.5 Å². The zero-order chi connectivity index (χ0) is 14.3. The molecular weight excluding hydrogens is 308 g/mol. The first-order valence-corrected chi connectivity index (χ1v) is 7.25. The Bertz CT molecular complexity index is 422. The molecule has 0 aliphatic rings. The molecule has 106 valence electrons. The van der Waals surface area contributed by atoms with Crippen molar-refractivity contribution in [2.24, 2.45) is 5.73 Å². The maximum absolute atomic E-state index is 11.4. The van der Waals surface area contributed by atoms with Gasteiger partial charge in [-0.15, -0.1) is 0 Å². The highest BCUT2D eigenvalue weighted by atomic mass is 79.9. The van der Waals surface area contributed by atoms with Gasteiger partial charge in [-0.3, -0.25) is 4.79 Å². The molecular formula is C14H21BrN2O2. The highest BCUT2D eigenvalue weighted by molar-refractivity contribution is 9.10. The van der Waals surface area contributed by atoms with E-state index in [2.05, 4.69) is 21.2 Å². The zero-order valence-corrected chi connectivity index (χ0v) is 13.0. The largest absolute Gasteiger partial charge is 0.483 e. The van der Waals surface area contributed by atoms with E-state index in [-0.39, 0.29) is 18.6 Å². The second-order valence-electron chi connectivity index (χ2n) is 4.58. The summed E-state index contributed by atoms with van der Waals surface area (Å²) in [5.41, 5.74) is 6.90. The molecule has 1 aromatic carbocycles. The predicted molar refractivity (Wildman–Crippen MR) is 80.3 cm³/mol. The van der Waals surface area contributed by atoms with Crippen molar-refractivity contribution in [1.29, 1.82) is 0 Å². The number of benzene rings is 1. The summed E-state index contributed by atoms with van der Waals surface area (Å²) in [7, 11) is 0. The molecule has 0 saturated heterocycles. The Morgan fingerprint density at radius 1 is 1.53 bits per heavy atom. The standard InChI is InChI=1S/C14H21BrN2O2/c1-3-6-17-14(18)9-19-13-5-4-11(7-10(2)16)8-12(13)15/h4-5,8,10H,3,6-7,9,16H2,1-2H3,(H,17,18). The van der Waals surface area contributed by atoms with Gasteiger partial charge in [0.1, 0.15) is 5.75 Å². The van der Waals surface area contributed by atoms with Gasteiger partial charge in [-0.25, -0.2) is 0 Å². The van der Waals surface area contributed by atoms with E-state index in [0.717, 1.165) is 22.9 Å². The number of ether oxygens (including phenoxy) is 1. The number of nitrogens with two attached hydrogens (primary N) is 1. The highest BCUT2D eigenvalue weighted by Crippen LogP contribution is 2.26. The van der Waals surface area contributed by atoms with Crippen LogP contribution in [-0.2, 0) is 11.2 Å². The first-order chi connectivity index (χ1) is 9.02. The molecule has 0 bridgehead atoms. The summed E-state index contributed by atoms with van der Waals surface area (Å²) >= 11 is 3.44. The lowest BCUT2D eigenvalue weighted by atomic mass is 10.1. The molecule has 0 saturated carbocycles. The minimum Gasteiger partial charge on any atom is -0.483 e. The second kappa shape index (κ2) is 8.17. The van der Waals surface area contributed by atoms with Gasteiger partial charge in [0.2, 0.25) is 0 Å². The van der Waals surface area contributed by atoms with E-state index in [1.807, 2.05) is 32.0 Å². The average Bonchev–Trinajstić information content (AvgIpc) is 2.34. The van der Waals surface area contributed by atoms with E-state index in [1.165, 1.54) is 0 Å². The molecule has 19 heavy (non-hydrogen) atoms. The summed E-state index contributed by atoms with van der Waals surface area (Å²) in [4.78, 5) is 11.4. The third-order valence-electron chi connectivity index (χ3n) is 2.48. The Labute approximate surface area is 122 Å². The fourth-order valence-corrected chi connectivity index (χ4v) is 2.16. The van der Waals surface area contributed by atoms with Gasteiger partial charge in [0, 0.05) is 12.6 Å². The van der Waals surface area contributed by atoms with Crippen LogP contribution < -0.4 is 15.8 Å². The lowest BCUT2D eigenvalue weighted by Crippen LogP contribution is -2.29. The van der Waals surface area contributed by atoms with Gasteiger partial charge in [0.25, 0.3) is 5.91 Å². The molecule has 3 N–H and O–H groups in total. The van der Waals surface area contributed by atoms with E-state index in [9.17, 15) is 4.79 Å². The van der Waals surface area contributed by atoms with Gasteiger partial charge in [0.05, 0.1) is 4.47 Å². The highest BCUT2D eigenvalue weighted by Gasteiger charge is 2.07. The van der Waals surface area contributed by atoms with Crippen LogP contribution in [-0.4, -0.2) is 25.1 Å². The van der Waals surface area contributed by atoms with Crippen LogP contribution >= 0.6 is 15.9 Å². The molecule has 0 fully saturated rings. The van der Waals surface area contributed by atoms with Crippen LogP contribution in [0.3, 0.4) is 0 Å². The lowest BCUT2D eigenvalue weighted by Gasteiger charge is -2.11. The Morgan fingerprint density at radius 3 is 2.84 bits per heavy atom. The smallest absolute Gasteiger partial charge is 0.257 e. The van der Waals surface area contributed by atoms with Crippen LogP contribution in [0, 0.1) is 0 Å². The van der Waals surface area contributed by atoms with Crippen molar-refractivity contribution in [3.05, 3.63) is 28.2 Å². The summed E-state index contributed by atoms with van der Waals surface area (Å²) in [6, 6.07) is 5.92. The van der Waals surface area contributed by atoms with Crippen molar-refractivity contribution in [3.63, 3.8) is 0 Å². The Balaban J connectivity index is 2.53. The molecule has 5 heteroatoms. The number of halogens is 1. The zero-order valence-electron chi connectivity index (χ0n) is 11.4. The summed E-state index contributed by atoms with van der Waals surface area (Å²) in [6.45, 7) is 4.69. The van der Waals surface area contributed by atoms with Crippen molar-refractivity contribution in [3.8, 4) is 5.75 Å². The fourth-order valence-electron chi connectivity index (χ4n) is 1.62. The van der Waals surface area contributed by atoms with E-state index >= 15 is 0 Å². The van der Waals surface area contributed by atoms with E-state index < -0.39 is 0 Å². The van der Waals surface area contributed by atoms with E-state index in [0.29, 0.717) is 12.3 Å². The Kier molecular flexibility index (Phi) is 6.87. The number of carbonyl (C=O) groups is 1. The lowest BCUT2D eigenvalue weighted by molar-refractivity contribution is -0.123. The molecule has 0 spiro atoms. The van der Waals surface area contributed by atoms with Crippen LogP contribution in [0.15, 0.2) is 22.7 Å². The molecule has 0 aliphatic heterocycles. The first kappa shape index (κ1) is 16.0. The molecule has 0 heterocycles. The van der Waals surface area contributed by atoms with Gasteiger partial charge in [-0.2, -0.15) is 0 Å². The Morgan fingerprint density at radius 2 is 2.26 bits per heavy atom. The number of rotatable bonds is 7. The van der Waals surface area contributed by atoms with Gasteiger partial charge in [0.15, 0.2) is 6.61 Å². The first-order valence-electron chi connectivity index (χ1n) is 6.46. The van der Waals surface area contributed by atoms with Crippen LogP contribution in [0.5, 0.6) is 5.75 Å².